The fourth-order valence-corrected chi connectivity index (χ4v) is 2.72. The molecule has 0 aromatic heterocycles. The predicted molar refractivity (Wildman–Crippen MR) is 81.7 cm³/mol. The van der Waals surface area contributed by atoms with Gasteiger partial charge in [0.2, 0.25) is 5.91 Å². The van der Waals surface area contributed by atoms with Gasteiger partial charge in [-0.1, -0.05) is 26.0 Å². The monoisotopic (exact) mass is 288 g/mol. The number of nitrogens with zero attached hydrogens (tertiary/aromatic N) is 1. The van der Waals surface area contributed by atoms with E-state index in [1.165, 1.54) is 18.2 Å². The molecule has 1 saturated carbocycles. The van der Waals surface area contributed by atoms with E-state index in [0.717, 1.165) is 19.3 Å². The zero-order chi connectivity index (χ0) is 15.5. The van der Waals surface area contributed by atoms with Crippen molar-refractivity contribution in [2.45, 2.75) is 39.2 Å². The quantitative estimate of drug-likeness (QED) is 0.525. The number of nitro benzene ring substituents is 1. The van der Waals surface area contributed by atoms with Crippen molar-refractivity contribution in [3.8, 4) is 0 Å². The van der Waals surface area contributed by atoms with Gasteiger partial charge in [-0.15, -0.1) is 0 Å². The minimum atomic E-state index is -0.446. The van der Waals surface area contributed by atoms with Crippen LogP contribution in [0.4, 0.5) is 5.69 Å². The predicted octanol–water partition coefficient (Wildman–Crippen LogP) is 3.30. The summed E-state index contributed by atoms with van der Waals surface area (Å²) in [5.74, 6) is -0.149. The van der Waals surface area contributed by atoms with Gasteiger partial charge in [-0.2, -0.15) is 0 Å². The summed E-state index contributed by atoms with van der Waals surface area (Å²) in [7, 11) is 0. The van der Waals surface area contributed by atoms with Gasteiger partial charge in [-0.3, -0.25) is 14.9 Å². The van der Waals surface area contributed by atoms with Crippen molar-refractivity contribution >= 4 is 17.7 Å². The molecule has 0 bridgehead atoms. The lowest BCUT2D eigenvalue weighted by Crippen LogP contribution is -2.32. The topological polar surface area (TPSA) is 72.2 Å². The number of hydrogen-bond donors (Lipinski definition) is 1. The molecule has 1 amide bonds. The number of benzene rings is 1. The van der Waals surface area contributed by atoms with Crippen LogP contribution in [0.1, 0.15) is 38.7 Å². The van der Waals surface area contributed by atoms with Crippen LogP contribution in [0, 0.1) is 15.5 Å². The van der Waals surface area contributed by atoms with Crippen LogP contribution in [0.2, 0.25) is 0 Å². The maximum absolute atomic E-state index is 11.9. The number of amides is 1. The molecule has 2 rings (SSSR count). The average molecular weight is 288 g/mol. The smallest absolute Gasteiger partial charge is 0.270 e. The third-order valence-corrected chi connectivity index (χ3v) is 3.82. The van der Waals surface area contributed by atoms with E-state index in [-0.39, 0.29) is 17.6 Å². The van der Waals surface area contributed by atoms with E-state index in [1.54, 1.807) is 18.2 Å². The highest BCUT2D eigenvalue weighted by Gasteiger charge is 2.31. The highest BCUT2D eigenvalue weighted by Crippen LogP contribution is 2.36. The molecule has 5 heteroatoms. The molecule has 1 aromatic carbocycles. The summed E-state index contributed by atoms with van der Waals surface area (Å²) in [5.41, 5.74) is 0.961. The van der Waals surface area contributed by atoms with E-state index in [0.29, 0.717) is 11.0 Å². The molecule has 112 valence electrons. The summed E-state index contributed by atoms with van der Waals surface area (Å²) in [4.78, 5) is 22.1. The molecule has 1 aliphatic carbocycles. The fraction of sp³-hybridized carbons (Fsp3) is 0.438. The Bertz CT molecular complexity index is 579. The third kappa shape index (κ3) is 4.41. The SMILES string of the molecule is CC1(C)CCC(NC(=O)/C=C/c2cccc([N+](=O)[O-])c2)C1. The van der Waals surface area contributed by atoms with E-state index < -0.39 is 4.92 Å². The highest BCUT2D eigenvalue weighted by molar-refractivity contribution is 5.92. The molecule has 5 nitrogen and oxygen atoms in total. The number of nitrogens with one attached hydrogen (secondary N) is 1. The van der Waals surface area contributed by atoms with Crippen LogP contribution in [-0.4, -0.2) is 16.9 Å². The Hall–Kier alpha value is -2.17. The Labute approximate surface area is 124 Å². The fourth-order valence-electron chi connectivity index (χ4n) is 2.72. The van der Waals surface area contributed by atoms with Crippen molar-refractivity contribution in [2.75, 3.05) is 0 Å². The molecule has 1 N–H and O–H groups in total. The van der Waals surface area contributed by atoms with Gasteiger partial charge < -0.3 is 5.32 Å². The van der Waals surface area contributed by atoms with E-state index in [9.17, 15) is 14.9 Å². The van der Waals surface area contributed by atoms with Gasteiger partial charge in [0, 0.05) is 24.3 Å². The van der Waals surface area contributed by atoms with Crippen LogP contribution < -0.4 is 5.32 Å². The summed E-state index contributed by atoms with van der Waals surface area (Å²) in [6.45, 7) is 4.41. The number of hydrogen-bond acceptors (Lipinski definition) is 3. The van der Waals surface area contributed by atoms with Gasteiger partial charge in [0.15, 0.2) is 0 Å². The Morgan fingerprint density at radius 2 is 2.24 bits per heavy atom. The van der Waals surface area contributed by atoms with Gasteiger partial charge in [0.05, 0.1) is 4.92 Å². The zero-order valence-electron chi connectivity index (χ0n) is 12.3. The van der Waals surface area contributed by atoms with Gasteiger partial charge in [-0.25, -0.2) is 0 Å². The standard InChI is InChI=1S/C16H20N2O3/c1-16(2)9-8-13(11-16)17-15(19)7-6-12-4-3-5-14(10-12)18(20)21/h3-7,10,13H,8-9,11H2,1-2H3,(H,17,19)/b7-6+. The van der Waals surface area contributed by atoms with Gasteiger partial charge in [-0.05, 0) is 36.3 Å². The van der Waals surface area contributed by atoms with Gasteiger partial charge >= 0.3 is 0 Å². The second kappa shape index (κ2) is 6.08. The minimum absolute atomic E-state index is 0.0232. The molecule has 1 fully saturated rings. The maximum atomic E-state index is 11.9. The maximum Gasteiger partial charge on any atom is 0.270 e. The molecule has 0 heterocycles. The van der Waals surface area contributed by atoms with E-state index >= 15 is 0 Å². The first-order valence-corrected chi connectivity index (χ1v) is 7.09. The average Bonchev–Trinajstić information content (AvgIpc) is 2.76. The summed E-state index contributed by atoms with van der Waals surface area (Å²) in [5, 5.41) is 13.7. The first-order valence-electron chi connectivity index (χ1n) is 7.09. The largest absolute Gasteiger partial charge is 0.350 e. The molecular weight excluding hydrogens is 268 g/mol. The normalized spacial score (nSPS) is 20.6. The highest BCUT2D eigenvalue weighted by atomic mass is 16.6. The van der Waals surface area contributed by atoms with Crippen LogP contribution in [-0.2, 0) is 4.79 Å². The first-order chi connectivity index (χ1) is 9.85. The lowest BCUT2D eigenvalue weighted by molar-refractivity contribution is -0.384. The van der Waals surface area contributed by atoms with Crippen molar-refractivity contribution in [1.82, 2.24) is 5.32 Å². The Morgan fingerprint density at radius 3 is 2.86 bits per heavy atom. The molecule has 0 spiro atoms. The first kappa shape index (κ1) is 15.2. The minimum Gasteiger partial charge on any atom is -0.350 e. The molecule has 0 radical (unpaired) electrons. The molecule has 1 aliphatic rings. The molecule has 21 heavy (non-hydrogen) atoms. The van der Waals surface area contributed by atoms with Crippen molar-refractivity contribution in [2.24, 2.45) is 5.41 Å². The van der Waals surface area contributed by atoms with Crippen LogP contribution in [0.3, 0.4) is 0 Å². The van der Waals surface area contributed by atoms with Crippen molar-refractivity contribution in [3.05, 3.63) is 46.0 Å². The summed E-state index contributed by atoms with van der Waals surface area (Å²) >= 11 is 0. The van der Waals surface area contributed by atoms with Crippen LogP contribution >= 0.6 is 0 Å². The van der Waals surface area contributed by atoms with Gasteiger partial charge in [0.1, 0.15) is 0 Å². The summed E-state index contributed by atoms with van der Waals surface area (Å²) in [6.07, 6.45) is 6.14. The van der Waals surface area contributed by atoms with E-state index in [1.807, 2.05) is 0 Å². The second-order valence-electron chi connectivity index (χ2n) is 6.30. The molecule has 1 atom stereocenters. The number of carbonyl (C=O) groups excluding carboxylic acids is 1. The molecule has 1 unspecified atom stereocenters. The summed E-state index contributed by atoms with van der Waals surface area (Å²) in [6, 6.07) is 6.44. The number of nitro groups is 1. The number of rotatable bonds is 4. The summed E-state index contributed by atoms with van der Waals surface area (Å²) < 4.78 is 0. The zero-order valence-corrected chi connectivity index (χ0v) is 12.3. The van der Waals surface area contributed by atoms with E-state index in [4.69, 9.17) is 0 Å². The number of carbonyl (C=O) groups is 1. The van der Waals surface area contributed by atoms with E-state index in [2.05, 4.69) is 19.2 Å². The molecule has 1 aromatic rings. The van der Waals surface area contributed by atoms with Crippen molar-refractivity contribution < 1.29 is 9.72 Å². The van der Waals surface area contributed by atoms with Crippen molar-refractivity contribution in [1.29, 1.82) is 0 Å². The third-order valence-electron chi connectivity index (χ3n) is 3.82. The van der Waals surface area contributed by atoms with Crippen molar-refractivity contribution in [3.63, 3.8) is 0 Å². The Morgan fingerprint density at radius 1 is 1.48 bits per heavy atom. The van der Waals surface area contributed by atoms with Crippen LogP contribution in [0.5, 0.6) is 0 Å². The second-order valence-corrected chi connectivity index (χ2v) is 6.30. The lowest BCUT2D eigenvalue weighted by atomic mass is 9.92. The molecule has 0 saturated heterocycles. The molecule has 0 aliphatic heterocycles. The van der Waals surface area contributed by atoms with Gasteiger partial charge in [0.25, 0.3) is 5.69 Å². The lowest BCUT2D eigenvalue weighted by Gasteiger charge is -2.17. The Kier molecular flexibility index (Phi) is 4.40. The van der Waals surface area contributed by atoms with Crippen LogP contribution in [0.25, 0.3) is 6.08 Å². The van der Waals surface area contributed by atoms with Crippen LogP contribution in [0.15, 0.2) is 30.3 Å². The number of non-ortho nitro benzene ring substituents is 1. The molecular formula is C16H20N2O3. The Balaban J connectivity index is 1.93.